The van der Waals surface area contributed by atoms with Gasteiger partial charge in [0.1, 0.15) is 0 Å². The standard InChI is InChI=1S/C10H16F5NO2/c1-4-16(5-2)6-7(17)18-8(9(3,11)12)10(13,14)15/h8H,4-6H2,1-3H3. The second kappa shape index (κ2) is 6.31. The molecular formula is C10H16F5NO2. The number of likely N-dealkylation sites (N-methyl/N-ethyl adjacent to an activating group) is 1. The highest BCUT2D eigenvalue weighted by Crippen LogP contribution is 2.34. The van der Waals surface area contributed by atoms with E-state index in [0.717, 1.165) is 0 Å². The fraction of sp³-hybridized carbons (Fsp3) is 0.900. The van der Waals surface area contributed by atoms with Crippen LogP contribution in [0, 0.1) is 0 Å². The van der Waals surface area contributed by atoms with Crippen molar-refractivity contribution in [2.45, 2.75) is 39.0 Å². The van der Waals surface area contributed by atoms with E-state index in [-0.39, 0.29) is 6.92 Å². The topological polar surface area (TPSA) is 29.5 Å². The van der Waals surface area contributed by atoms with Gasteiger partial charge in [-0.05, 0) is 13.1 Å². The summed E-state index contributed by atoms with van der Waals surface area (Å²) in [4.78, 5) is 12.6. The molecular weight excluding hydrogens is 261 g/mol. The van der Waals surface area contributed by atoms with Crippen LogP contribution in [0.2, 0.25) is 0 Å². The van der Waals surface area contributed by atoms with E-state index in [1.807, 2.05) is 0 Å². The summed E-state index contributed by atoms with van der Waals surface area (Å²) in [6.45, 7) is 3.81. The molecule has 0 bridgehead atoms. The van der Waals surface area contributed by atoms with Crippen molar-refractivity contribution >= 4 is 5.97 Å². The monoisotopic (exact) mass is 277 g/mol. The van der Waals surface area contributed by atoms with Crippen LogP contribution in [0.1, 0.15) is 20.8 Å². The van der Waals surface area contributed by atoms with Gasteiger partial charge in [-0.3, -0.25) is 9.69 Å². The minimum Gasteiger partial charge on any atom is -0.445 e. The van der Waals surface area contributed by atoms with E-state index in [1.165, 1.54) is 4.90 Å². The number of nitrogens with zero attached hydrogens (tertiary/aromatic N) is 1. The Kier molecular flexibility index (Phi) is 5.98. The first-order chi connectivity index (χ1) is 8.02. The van der Waals surface area contributed by atoms with E-state index >= 15 is 0 Å². The molecule has 0 aliphatic heterocycles. The van der Waals surface area contributed by atoms with Crippen molar-refractivity contribution in [3.8, 4) is 0 Å². The average molecular weight is 277 g/mol. The molecule has 0 rings (SSSR count). The summed E-state index contributed by atoms with van der Waals surface area (Å²) in [5.41, 5.74) is 0. The fourth-order valence-electron chi connectivity index (χ4n) is 1.26. The van der Waals surface area contributed by atoms with E-state index in [9.17, 15) is 26.7 Å². The van der Waals surface area contributed by atoms with Crippen molar-refractivity contribution in [3.63, 3.8) is 0 Å². The van der Waals surface area contributed by atoms with E-state index in [1.54, 1.807) is 13.8 Å². The van der Waals surface area contributed by atoms with Gasteiger partial charge in [0.25, 0.3) is 12.0 Å². The van der Waals surface area contributed by atoms with E-state index in [4.69, 9.17) is 0 Å². The lowest BCUT2D eigenvalue weighted by Crippen LogP contribution is -2.47. The van der Waals surface area contributed by atoms with Gasteiger partial charge in [0, 0.05) is 6.92 Å². The zero-order chi connectivity index (χ0) is 14.6. The number of hydrogen-bond donors (Lipinski definition) is 0. The third kappa shape index (κ3) is 5.61. The van der Waals surface area contributed by atoms with Crippen LogP contribution in [-0.2, 0) is 9.53 Å². The van der Waals surface area contributed by atoms with Crippen LogP contribution in [0.5, 0.6) is 0 Å². The van der Waals surface area contributed by atoms with Crippen LogP contribution < -0.4 is 0 Å². The Morgan fingerprint density at radius 1 is 1.17 bits per heavy atom. The van der Waals surface area contributed by atoms with Crippen molar-refractivity contribution in [1.82, 2.24) is 4.90 Å². The maximum Gasteiger partial charge on any atom is 0.431 e. The summed E-state index contributed by atoms with van der Waals surface area (Å²) in [6.07, 6.45) is -8.70. The van der Waals surface area contributed by atoms with Gasteiger partial charge in [-0.2, -0.15) is 13.2 Å². The smallest absolute Gasteiger partial charge is 0.431 e. The molecule has 0 fully saturated rings. The summed E-state index contributed by atoms with van der Waals surface area (Å²) in [5.74, 6) is -5.49. The molecule has 0 aromatic heterocycles. The Labute approximate surface area is 102 Å². The Balaban J connectivity index is 4.66. The van der Waals surface area contributed by atoms with Crippen molar-refractivity contribution in [2.24, 2.45) is 0 Å². The van der Waals surface area contributed by atoms with Gasteiger partial charge < -0.3 is 4.74 Å². The number of rotatable bonds is 6. The third-order valence-electron chi connectivity index (χ3n) is 2.25. The number of alkyl halides is 5. The summed E-state index contributed by atoms with van der Waals surface area (Å²) in [6, 6.07) is 0. The van der Waals surface area contributed by atoms with Crippen LogP contribution in [0.15, 0.2) is 0 Å². The first kappa shape index (κ1) is 17.1. The van der Waals surface area contributed by atoms with Crippen LogP contribution in [0.4, 0.5) is 22.0 Å². The molecule has 1 atom stereocenters. The second-order valence-corrected chi connectivity index (χ2v) is 3.83. The highest BCUT2D eigenvalue weighted by atomic mass is 19.4. The number of carbonyl (C=O) groups is 1. The molecule has 0 amide bonds. The molecule has 3 nitrogen and oxygen atoms in total. The maximum atomic E-state index is 12.7. The van der Waals surface area contributed by atoms with E-state index < -0.39 is 30.7 Å². The highest BCUT2D eigenvalue weighted by Gasteiger charge is 2.56. The average Bonchev–Trinajstić information content (AvgIpc) is 2.19. The van der Waals surface area contributed by atoms with Gasteiger partial charge in [-0.1, -0.05) is 13.8 Å². The predicted molar refractivity (Wildman–Crippen MR) is 54.3 cm³/mol. The quantitative estimate of drug-likeness (QED) is 0.551. The van der Waals surface area contributed by atoms with Gasteiger partial charge in [0.2, 0.25) is 0 Å². The predicted octanol–water partition coefficient (Wildman–Crippen LogP) is 2.46. The highest BCUT2D eigenvalue weighted by molar-refractivity contribution is 5.72. The number of esters is 1. The van der Waals surface area contributed by atoms with Crippen LogP contribution >= 0.6 is 0 Å². The van der Waals surface area contributed by atoms with Crippen LogP contribution in [0.3, 0.4) is 0 Å². The van der Waals surface area contributed by atoms with Gasteiger partial charge >= 0.3 is 12.1 Å². The molecule has 0 N–H and O–H groups in total. The van der Waals surface area contributed by atoms with E-state index in [0.29, 0.717) is 13.1 Å². The second-order valence-electron chi connectivity index (χ2n) is 3.83. The molecule has 0 spiro atoms. The van der Waals surface area contributed by atoms with Gasteiger partial charge in [-0.15, -0.1) is 0 Å². The Hall–Kier alpha value is -0.920. The molecule has 0 aliphatic rings. The van der Waals surface area contributed by atoms with Gasteiger partial charge in [-0.25, -0.2) is 8.78 Å². The van der Waals surface area contributed by atoms with Crippen LogP contribution in [-0.4, -0.2) is 48.7 Å². The van der Waals surface area contributed by atoms with Crippen LogP contribution in [0.25, 0.3) is 0 Å². The Morgan fingerprint density at radius 3 is 1.89 bits per heavy atom. The van der Waals surface area contributed by atoms with Crippen molar-refractivity contribution < 1.29 is 31.5 Å². The first-order valence-electron chi connectivity index (χ1n) is 5.38. The number of hydrogen-bond acceptors (Lipinski definition) is 3. The largest absolute Gasteiger partial charge is 0.445 e. The zero-order valence-electron chi connectivity index (χ0n) is 10.4. The number of carbonyl (C=O) groups excluding carboxylic acids is 1. The summed E-state index contributed by atoms with van der Waals surface area (Å²) >= 11 is 0. The normalized spacial score (nSPS) is 14.7. The molecule has 0 saturated heterocycles. The minimum atomic E-state index is -5.29. The van der Waals surface area contributed by atoms with Crippen molar-refractivity contribution in [2.75, 3.05) is 19.6 Å². The van der Waals surface area contributed by atoms with Gasteiger partial charge in [0.15, 0.2) is 0 Å². The minimum absolute atomic E-state index is 0.0653. The first-order valence-corrected chi connectivity index (χ1v) is 5.38. The SMILES string of the molecule is CCN(CC)CC(=O)OC(C(C)(F)F)C(F)(F)F. The third-order valence-corrected chi connectivity index (χ3v) is 2.25. The molecule has 0 aliphatic carbocycles. The summed E-state index contributed by atoms with van der Waals surface area (Å²) in [7, 11) is 0. The van der Waals surface area contributed by atoms with E-state index in [2.05, 4.69) is 4.74 Å². The molecule has 0 radical (unpaired) electrons. The number of halogens is 5. The molecule has 108 valence electrons. The van der Waals surface area contributed by atoms with Crippen molar-refractivity contribution in [3.05, 3.63) is 0 Å². The van der Waals surface area contributed by atoms with Gasteiger partial charge in [0.05, 0.1) is 6.54 Å². The molecule has 1 unspecified atom stereocenters. The van der Waals surface area contributed by atoms with Crippen molar-refractivity contribution in [1.29, 1.82) is 0 Å². The molecule has 0 aromatic rings. The number of ether oxygens (including phenoxy) is 1. The molecule has 0 aromatic carbocycles. The lowest BCUT2D eigenvalue weighted by Gasteiger charge is -2.26. The fourth-order valence-corrected chi connectivity index (χ4v) is 1.26. The molecule has 0 saturated carbocycles. The Bertz CT molecular complexity index is 256. The summed E-state index contributed by atoms with van der Waals surface area (Å²) in [5, 5.41) is 0. The lowest BCUT2D eigenvalue weighted by molar-refractivity contribution is -0.273. The molecule has 18 heavy (non-hydrogen) atoms. The maximum absolute atomic E-state index is 12.7. The zero-order valence-corrected chi connectivity index (χ0v) is 10.4. The lowest BCUT2D eigenvalue weighted by atomic mass is 10.2. The Morgan fingerprint density at radius 2 is 1.61 bits per heavy atom. The summed E-state index contributed by atoms with van der Waals surface area (Å²) < 4.78 is 66.2. The molecule has 8 heteroatoms. The molecule has 0 heterocycles.